The largest absolute Gasteiger partial charge is 0.302 e. The minimum absolute atomic E-state index is 0.352. The van der Waals surface area contributed by atoms with Gasteiger partial charge in [0.05, 0.1) is 6.04 Å². The summed E-state index contributed by atoms with van der Waals surface area (Å²) in [6.07, 6.45) is 2.44. The Labute approximate surface area is 158 Å². The van der Waals surface area contributed by atoms with Crippen LogP contribution in [0.15, 0.2) is 65.4 Å². The normalized spacial score (nSPS) is 16.5. The molecule has 1 aliphatic rings. The standard InChI is InChI=1S/C21H24N2S2/c1-2-6-17(7-3-1)16-23-12-10-18(11-13-23)22-21(19-8-4-14-24-19)20-9-5-15-25-20/h1-9,14-15,18,21-22H,10-13,16H2. The molecule has 0 radical (unpaired) electrons. The average molecular weight is 369 g/mol. The number of rotatable bonds is 6. The van der Waals surface area contributed by atoms with Crippen molar-refractivity contribution in [2.45, 2.75) is 31.5 Å². The first kappa shape index (κ1) is 17.0. The van der Waals surface area contributed by atoms with E-state index in [0.717, 1.165) is 6.54 Å². The van der Waals surface area contributed by atoms with E-state index in [-0.39, 0.29) is 0 Å². The Morgan fingerprint density at radius 2 is 1.52 bits per heavy atom. The molecule has 25 heavy (non-hydrogen) atoms. The minimum Gasteiger partial charge on any atom is -0.302 e. The Morgan fingerprint density at radius 1 is 0.880 bits per heavy atom. The Kier molecular flexibility index (Phi) is 5.62. The van der Waals surface area contributed by atoms with Crippen molar-refractivity contribution >= 4 is 22.7 Å². The van der Waals surface area contributed by atoms with Crippen LogP contribution in [0.25, 0.3) is 0 Å². The van der Waals surface area contributed by atoms with Gasteiger partial charge in [0.2, 0.25) is 0 Å². The second kappa shape index (κ2) is 8.28. The molecule has 0 saturated carbocycles. The number of nitrogens with zero attached hydrogens (tertiary/aromatic N) is 1. The van der Waals surface area contributed by atoms with E-state index in [4.69, 9.17) is 0 Å². The number of piperidine rings is 1. The molecule has 1 fully saturated rings. The molecule has 2 aromatic heterocycles. The van der Waals surface area contributed by atoms with Gasteiger partial charge in [-0.25, -0.2) is 0 Å². The van der Waals surface area contributed by atoms with Crippen LogP contribution in [0.1, 0.15) is 34.2 Å². The quantitative estimate of drug-likeness (QED) is 0.647. The number of hydrogen-bond donors (Lipinski definition) is 1. The Hall–Kier alpha value is -1.46. The van der Waals surface area contributed by atoms with E-state index < -0.39 is 0 Å². The van der Waals surface area contributed by atoms with Crippen molar-refractivity contribution in [3.05, 3.63) is 80.7 Å². The molecule has 0 aliphatic carbocycles. The second-order valence-corrected chi connectivity index (χ2v) is 8.63. The highest BCUT2D eigenvalue weighted by molar-refractivity contribution is 7.11. The van der Waals surface area contributed by atoms with E-state index in [0.29, 0.717) is 12.1 Å². The molecule has 4 heteroatoms. The highest BCUT2D eigenvalue weighted by Crippen LogP contribution is 2.30. The van der Waals surface area contributed by atoms with Gasteiger partial charge in [-0.05, 0) is 54.4 Å². The fourth-order valence-electron chi connectivity index (χ4n) is 3.55. The van der Waals surface area contributed by atoms with Gasteiger partial charge < -0.3 is 5.32 Å². The van der Waals surface area contributed by atoms with E-state index in [1.165, 1.54) is 41.2 Å². The van der Waals surface area contributed by atoms with E-state index in [1.807, 2.05) is 22.7 Å². The first-order chi connectivity index (χ1) is 12.4. The fourth-order valence-corrected chi connectivity index (χ4v) is 5.23. The monoisotopic (exact) mass is 368 g/mol. The molecule has 3 heterocycles. The van der Waals surface area contributed by atoms with E-state index in [2.05, 4.69) is 75.6 Å². The van der Waals surface area contributed by atoms with Gasteiger partial charge in [-0.2, -0.15) is 0 Å². The van der Waals surface area contributed by atoms with Crippen molar-refractivity contribution in [2.24, 2.45) is 0 Å². The van der Waals surface area contributed by atoms with E-state index in [9.17, 15) is 0 Å². The van der Waals surface area contributed by atoms with Crippen molar-refractivity contribution < 1.29 is 0 Å². The molecule has 0 amide bonds. The molecule has 1 aliphatic heterocycles. The van der Waals surface area contributed by atoms with Crippen molar-refractivity contribution in [1.82, 2.24) is 10.2 Å². The predicted molar refractivity (Wildman–Crippen MR) is 108 cm³/mol. The third kappa shape index (κ3) is 4.39. The van der Waals surface area contributed by atoms with Crippen LogP contribution in [0.2, 0.25) is 0 Å². The van der Waals surface area contributed by atoms with Crippen LogP contribution in [0.5, 0.6) is 0 Å². The van der Waals surface area contributed by atoms with Crippen LogP contribution in [0.4, 0.5) is 0 Å². The first-order valence-electron chi connectivity index (χ1n) is 8.97. The van der Waals surface area contributed by atoms with Gasteiger partial charge in [-0.1, -0.05) is 42.5 Å². The molecule has 0 unspecified atom stereocenters. The lowest BCUT2D eigenvalue weighted by Gasteiger charge is -2.34. The summed E-state index contributed by atoms with van der Waals surface area (Å²) in [5.74, 6) is 0. The lowest BCUT2D eigenvalue weighted by molar-refractivity contribution is 0.187. The Morgan fingerprint density at radius 3 is 2.08 bits per heavy atom. The van der Waals surface area contributed by atoms with Gasteiger partial charge >= 0.3 is 0 Å². The molecule has 1 N–H and O–H groups in total. The van der Waals surface area contributed by atoms with Gasteiger partial charge in [-0.15, -0.1) is 22.7 Å². The molecule has 0 atom stereocenters. The van der Waals surface area contributed by atoms with E-state index >= 15 is 0 Å². The van der Waals surface area contributed by atoms with Gasteiger partial charge in [0, 0.05) is 22.3 Å². The summed E-state index contributed by atoms with van der Waals surface area (Å²) in [6, 6.07) is 20.6. The third-order valence-corrected chi connectivity index (χ3v) is 6.77. The Bertz CT molecular complexity index is 695. The number of benzene rings is 1. The number of thiophene rings is 2. The third-order valence-electron chi connectivity index (χ3n) is 4.89. The van der Waals surface area contributed by atoms with Gasteiger partial charge in [0.25, 0.3) is 0 Å². The smallest absolute Gasteiger partial charge is 0.0767 e. The van der Waals surface area contributed by atoms with Crippen molar-refractivity contribution in [3.63, 3.8) is 0 Å². The number of hydrogen-bond acceptors (Lipinski definition) is 4. The fraction of sp³-hybridized carbons (Fsp3) is 0.333. The summed E-state index contributed by atoms with van der Waals surface area (Å²) in [5, 5.41) is 8.30. The molecule has 1 aromatic carbocycles. The average Bonchev–Trinajstić information content (AvgIpc) is 3.36. The number of likely N-dealkylation sites (tertiary alicyclic amines) is 1. The van der Waals surface area contributed by atoms with Crippen LogP contribution in [-0.4, -0.2) is 24.0 Å². The van der Waals surface area contributed by atoms with Crippen LogP contribution in [-0.2, 0) is 6.54 Å². The maximum Gasteiger partial charge on any atom is 0.0767 e. The molecule has 0 bridgehead atoms. The predicted octanol–water partition coefficient (Wildman–Crippen LogP) is 5.15. The van der Waals surface area contributed by atoms with E-state index in [1.54, 1.807) is 0 Å². The van der Waals surface area contributed by atoms with Gasteiger partial charge in [0.1, 0.15) is 0 Å². The molecule has 3 aromatic rings. The maximum atomic E-state index is 3.94. The van der Waals surface area contributed by atoms with Crippen molar-refractivity contribution in [3.8, 4) is 0 Å². The molecule has 2 nitrogen and oxygen atoms in total. The van der Waals surface area contributed by atoms with Crippen molar-refractivity contribution in [2.75, 3.05) is 13.1 Å². The number of nitrogens with one attached hydrogen (secondary N) is 1. The molecular weight excluding hydrogens is 344 g/mol. The summed E-state index contributed by atoms with van der Waals surface area (Å²) < 4.78 is 0. The topological polar surface area (TPSA) is 15.3 Å². The highest BCUT2D eigenvalue weighted by Gasteiger charge is 2.24. The van der Waals surface area contributed by atoms with Crippen LogP contribution in [0, 0.1) is 0 Å². The van der Waals surface area contributed by atoms with Gasteiger partial charge in [0.15, 0.2) is 0 Å². The maximum absolute atomic E-state index is 3.94. The molecule has 0 spiro atoms. The molecule has 130 valence electrons. The summed E-state index contributed by atoms with van der Waals surface area (Å²) in [7, 11) is 0. The minimum atomic E-state index is 0.352. The van der Waals surface area contributed by atoms with Crippen LogP contribution < -0.4 is 5.32 Å². The zero-order valence-corrected chi connectivity index (χ0v) is 15.9. The summed E-state index contributed by atoms with van der Waals surface area (Å²) in [5.41, 5.74) is 1.42. The van der Waals surface area contributed by atoms with Crippen molar-refractivity contribution in [1.29, 1.82) is 0 Å². The SMILES string of the molecule is c1ccc(CN2CCC(NC(c3cccs3)c3cccs3)CC2)cc1. The highest BCUT2D eigenvalue weighted by atomic mass is 32.1. The zero-order valence-electron chi connectivity index (χ0n) is 14.3. The van der Waals surface area contributed by atoms with Crippen LogP contribution in [0.3, 0.4) is 0 Å². The van der Waals surface area contributed by atoms with Gasteiger partial charge in [-0.3, -0.25) is 4.90 Å². The zero-order chi connectivity index (χ0) is 16.9. The molecule has 1 saturated heterocycles. The first-order valence-corrected chi connectivity index (χ1v) is 10.7. The molecule has 4 rings (SSSR count). The second-order valence-electron chi connectivity index (χ2n) is 6.67. The van der Waals surface area contributed by atoms with Crippen LogP contribution >= 0.6 is 22.7 Å². The lowest BCUT2D eigenvalue weighted by Crippen LogP contribution is -2.43. The molecular formula is C21H24N2S2. The summed E-state index contributed by atoms with van der Waals surface area (Å²) >= 11 is 3.71. The lowest BCUT2D eigenvalue weighted by atomic mass is 10.0. The Balaban J connectivity index is 1.35. The summed E-state index contributed by atoms with van der Waals surface area (Å²) in [4.78, 5) is 5.43. The summed E-state index contributed by atoms with van der Waals surface area (Å²) in [6.45, 7) is 3.43.